The Balaban J connectivity index is 1.24. The number of methoxy groups -OCH3 is 1. The summed E-state index contributed by atoms with van der Waals surface area (Å²) in [5.74, 6) is -2.59. The van der Waals surface area contributed by atoms with Crippen molar-refractivity contribution < 1.29 is 34.3 Å². The molecule has 6 rings (SSSR count). The monoisotopic (exact) mass is 594 g/mol. The molecule has 10 N–H and O–H groups in total. The van der Waals surface area contributed by atoms with E-state index in [-0.39, 0.29) is 41.7 Å². The SMILES string of the molecule is COc1ccc(C(=O)NC[C@@H]2N=C(N)N3CC(NC(=O)c4cccc5c4OCCC5(C)C)C(O)(O)C34NC(N)=[NH+][C@@H]24)nc1. The van der Waals surface area contributed by atoms with Crippen LogP contribution in [0.2, 0.25) is 0 Å². The fourth-order valence-electron chi connectivity index (χ4n) is 6.44. The summed E-state index contributed by atoms with van der Waals surface area (Å²) >= 11 is 0. The molecule has 1 saturated heterocycles. The molecule has 43 heavy (non-hydrogen) atoms. The van der Waals surface area contributed by atoms with Gasteiger partial charge in [0, 0.05) is 12.1 Å². The predicted molar refractivity (Wildman–Crippen MR) is 153 cm³/mol. The fourth-order valence-corrected chi connectivity index (χ4v) is 6.44. The van der Waals surface area contributed by atoms with Gasteiger partial charge in [-0.25, -0.2) is 15.3 Å². The van der Waals surface area contributed by atoms with Gasteiger partial charge in [0.1, 0.15) is 29.3 Å². The number of aliphatic hydroxyl groups is 2. The first-order valence-corrected chi connectivity index (χ1v) is 14.0. The van der Waals surface area contributed by atoms with Crippen molar-refractivity contribution in [1.29, 1.82) is 0 Å². The fraction of sp³-hybridized carbons (Fsp3) is 0.464. The van der Waals surface area contributed by atoms with Crippen LogP contribution in [0.1, 0.15) is 46.7 Å². The summed E-state index contributed by atoms with van der Waals surface area (Å²) < 4.78 is 11.0. The molecule has 1 aromatic carbocycles. The molecule has 0 radical (unpaired) electrons. The Bertz CT molecular complexity index is 1530. The summed E-state index contributed by atoms with van der Waals surface area (Å²) in [6, 6.07) is 5.62. The number of pyridine rings is 1. The van der Waals surface area contributed by atoms with Gasteiger partial charge in [0.05, 0.1) is 32.0 Å². The molecule has 2 unspecified atom stereocenters. The number of hydrogen-bond donors (Lipinski definition) is 8. The molecule has 4 atom stereocenters. The van der Waals surface area contributed by atoms with E-state index in [2.05, 4.69) is 44.8 Å². The molecule has 1 aromatic heterocycles. The topological polar surface area (TPSA) is 224 Å². The van der Waals surface area contributed by atoms with Gasteiger partial charge in [-0.05, 0) is 30.0 Å². The van der Waals surface area contributed by atoms with E-state index < -0.39 is 41.4 Å². The second-order valence-electron chi connectivity index (χ2n) is 11.8. The Morgan fingerprint density at radius 3 is 2.74 bits per heavy atom. The summed E-state index contributed by atoms with van der Waals surface area (Å²) in [6.07, 6.45) is 2.23. The summed E-state index contributed by atoms with van der Waals surface area (Å²) in [7, 11) is 1.50. The highest BCUT2D eigenvalue weighted by Gasteiger charge is 2.76. The largest absolute Gasteiger partial charge is 0.495 e. The van der Waals surface area contributed by atoms with Gasteiger partial charge in [0.25, 0.3) is 17.5 Å². The number of nitrogens with one attached hydrogen (secondary N) is 4. The maximum atomic E-state index is 13.6. The number of nitrogens with two attached hydrogens (primary N) is 2. The number of amides is 2. The average Bonchev–Trinajstić information content (AvgIpc) is 3.45. The third-order valence-corrected chi connectivity index (χ3v) is 8.83. The van der Waals surface area contributed by atoms with Gasteiger partial charge in [-0.1, -0.05) is 26.0 Å². The molecule has 4 aliphatic heterocycles. The average molecular weight is 595 g/mol. The van der Waals surface area contributed by atoms with Crippen LogP contribution in [0.15, 0.2) is 41.5 Å². The molecule has 1 fully saturated rings. The maximum Gasteiger partial charge on any atom is 0.343 e. The number of aliphatic imine (C=N–C) groups is 1. The number of fused-ring (bicyclic) bond motifs is 1. The van der Waals surface area contributed by atoms with Crippen LogP contribution in [0.3, 0.4) is 0 Å². The number of carbonyl (C=O) groups is 2. The molecule has 228 valence electrons. The van der Waals surface area contributed by atoms with E-state index in [4.69, 9.17) is 20.9 Å². The highest BCUT2D eigenvalue weighted by atomic mass is 16.5. The van der Waals surface area contributed by atoms with E-state index in [1.54, 1.807) is 18.2 Å². The summed E-state index contributed by atoms with van der Waals surface area (Å²) in [5.41, 5.74) is 11.9. The van der Waals surface area contributed by atoms with Gasteiger partial charge in [0.15, 0.2) is 12.0 Å². The number of rotatable bonds is 6. The summed E-state index contributed by atoms with van der Waals surface area (Å²) in [6.45, 7) is 4.50. The lowest BCUT2D eigenvalue weighted by atomic mass is 9.79. The van der Waals surface area contributed by atoms with Crippen LogP contribution in [0, 0.1) is 0 Å². The Labute approximate surface area is 247 Å². The van der Waals surface area contributed by atoms with Crippen molar-refractivity contribution in [1.82, 2.24) is 25.8 Å². The molecule has 0 bridgehead atoms. The van der Waals surface area contributed by atoms with Crippen LogP contribution in [0.5, 0.6) is 11.5 Å². The van der Waals surface area contributed by atoms with Crippen molar-refractivity contribution in [2.45, 2.75) is 55.3 Å². The van der Waals surface area contributed by atoms with Crippen LogP contribution in [0.25, 0.3) is 0 Å². The second kappa shape index (κ2) is 9.98. The second-order valence-corrected chi connectivity index (χ2v) is 11.8. The van der Waals surface area contributed by atoms with Crippen molar-refractivity contribution in [3.05, 3.63) is 53.3 Å². The Morgan fingerprint density at radius 2 is 2.02 bits per heavy atom. The third kappa shape index (κ3) is 4.38. The highest BCUT2D eigenvalue weighted by molar-refractivity contribution is 5.98. The number of aromatic nitrogens is 1. The van der Waals surface area contributed by atoms with Crippen LogP contribution in [-0.4, -0.2) is 100 Å². The predicted octanol–water partition coefficient (Wildman–Crippen LogP) is -3.56. The number of para-hydroxylation sites is 1. The number of nitrogens with zero attached hydrogens (tertiary/aromatic N) is 3. The lowest BCUT2D eigenvalue weighted by Crippen LogP contribution is -2.90. The summed E-state index contributed by atoms with van der Waals surface area (Å²) in [4.78, 5) is 39.5. The van der Waals surface area contributed by atoms with Gasteiger partial charge in [-0.2, -0.15) is 0 Å². The minimum Gasteiger partial charge on any atom is -0.495 e. The zero-order chi connectivity index (χ0) is 30.7. The number of hydrogen-bond acceptors (Lipinski definition) is 12. The molecule has 15 nitrogen and oxygen atoms in total. The Hall–Kier alpha value is -4.63. The Kier molecular flexibility index (Phi) is 6.61. The first-order chi connectivity index (χ1) is 20.4. The van der Waals surface area contributed by atoms with Crippen LogP contribution < -0.4 is 41.9 Å². The van der Waals surface area contributed by atoms with Crippen molar-refractivity contribution in [2.75, 3.05) is 26.8 Å². The van der Waals surface area contributed by atoms with Gasteiger partial charge < -0.3 is 36.1 Å². The van der Waals surface area contributed by atoms with Gasteiger partial charge in [-0.3, -0.25) is 25.2 Å². The lowest BCUT2D eigenvalue weighted by Gasteiger charge is -2.46. The lowest BCUT2D eigenvalue weighted by molar-refractivity contribution is -0.521. The zero-order valence-electron chi connectivity index (χ0n) is 24.0. The van der Waals surface area contributed by atoms with Crippen molar-refractivity contribution >= 4 is 23.7 Å². The van der Waals surface area contributed by atoms with E-state index in [0.717, 1.165) is 12.0 Å². The molecular weight excluding hydrogens is 558 g/mol. The first-order valence-electron chi connectivity index (χ1n) is 14.0. The molecule has 15 heteroatoms. The van der Waals surface area contributed by atoms with Crippen molar-refractivity contribution in [3.8, 4) is 11.5 Å². The molecule has 2 aromatic rings. The van der Waals surface area contributed by atoms with Gasteiger partial charge in [-0.15, -0.1) is 0 Å². The molecule has 0 aliphatic carbocycles. The van der Waals surface area contributed by atoms with Gasteiger partial charge in [0.2, 0.25) is 5.79 Å². The minimum absolute atomic E-state index is 0.0199. The van der Waals surface area contributed by atoms with E-state index in [1.165, 1.54) is 24.3 Å². The molecule has 5 heterocycles. The van der Waals surface area contributed by atoms with E-state index >= 15 is 0 Å². The van der Waals surface area contributed by atoms with Crippen LogP contribution >= 0.6 is 0 Å². The molecule has 0 saturated carbocycles. The smallest absolute Gasteiger partial charge is 0.343 e. The number of guanidine groups is 2. The standard InChI is InChI=1S/C28H35N9O6/c1-26(2)9-10-43-20-15(5-4-6-16(20)26)22(38)34-19-13-37-25(30)33-18(21-27(37,28(19,40)41)36-24(29)35-21)12-32-23(39)17-8-7-14(42-3)11-31-17/h4-8,11,18-19,21,40-41H,9-10,12-13H2,1-3H3,(H2,30,33)(H,32,39)(H,34,38)(H3,29,35,36)/p+1/t18-,19?,21-,27?/m0/s1. The molecular formula is C28H36N9O6+. The third-order valence-electron chi connectivity index (χ3n) is 8.83. The molecule has 2 amide bonds. The van der Waals surface area contributed by atoms with E-state index in [0.29, 0.717) is 18.1 Å². The minimum atomic E-state index is -2.60. The quantitative estimate of drug-likeness (QED) is 0.153. The number of benzene rings is 1. The first kappa shape index (κ1) is 28.5. The maximum absolute atomic E-state index is 13.6. The van der Waals surface area contributed by atoms with E-state index in [9.17, 15) is 19.8 Å². The molecule has 4 aliphatic rings. The van der Waals surface area contributed by atoms with Crippen LogP contribution in [0.4, 0.5) is 0 Å². The Morgan fingerprint density at radius 1 is 1.23 bits per heavy atom. The number of carbonyl (C=O) groups excluding carboxylic acids is 2. The van der Waals surface area contributed by atoms with Crippen molar-refractivity contribution in [3.63, 3.8) is 0 Å². The molecule has 1 spiro atoms. The number of ether oxygens (including phenoxy) is 2. The highest BCUT2D eigenvalue weighted by Crippen LogP contribution is 2.43. The van der Waals surface area contributed by atoms with Crippen molar-refractivity contribution in [2.24, 2.45) is 16.5 Å². The zero-order valence-corrected chi connectivity index (χ0v) is 24.0. The van der Waals surface area contributed by atoms with Gasteiger partial charge >= 0.3 is 5.96 Å². The van der Waals surface area contributed by atoms with Crippen LogP contribution in [-0.2, 0) is 5.41 Å². The summed E-state index contributed by atoms with van der Waals surface area (Å²) in [5, 5.41) is 32.0. The normalized spacial score (nSPS) is 27.7. The van der Waals surface area contributed by atoms with E-state index in [1.807, 2.05) is 6.07 Å².